The van der Waals surface area contributed by atoms with Gasteiger partial charge in [-0.25, -0.2) is 24.6 Å². The maximum absolute atomic E-state index is 10.5. The number of hydrogen-bond acceptors (Lipinski definition) is 29. The number of benzene rings is 8. The molecule has 3 unspecified atom stereocenters. The lowest BCUT2D eigenvalue weighted by Gasteiger charge is -2.33. The Morgan fingerprint density at radius 2 is 0.807 bits per heavy atom. The molecule has 0 saturated carbocycles. The van der Waals surface area contributed by atoms with E-state index < -0.39 is 6.10 Å². The average Bonchev–Trinajstić information content (AvgIpc) is 1.11. The van der Waals surface area contributed by atoms with Crippen LogP contribution in [0.5, 0.6) is 46.0 Å². The summed E-state index contributed by atoms with van der Waals surface area (Å²) < 4.78 is 57.5. The molecule has 8 aromatic heterocycles. The number of fused-ring (bicyclic) bond motifs is 4. The van der Waals surface area contributed by atoms with Crippen molar-refractivity contribution in [2.45, 2.75) is 97.6 Å². The summed E-state index contributed by atoms with van der Waals surface area (Å²) >= 11 is 0. The van der Waals surface area contributed by atoms with Crippen LogP contribution in [0, 0.1) is 18.3 Å². The highest BCUT2D eigenvalue weighted by atomic mass is 16.5. The fourth-order valence-electron chi connectivity index (χ4n) is 16.8. The molecule has 0 bridgehead atoms. The molecule has 0 amide bonds. The average molecular weight is 1890 g/mol. The zero-order valence-electron chi connectivity index (χ0n) is 82.6. The van der Waals surface area contributed by atoms with Crippen molar-refractivity contribution < 1.29 is 47.7 Å². The molecule has 16 aromatic rings. The second-order valence-corrected chi connectivity index (χ2v) is 34.8. The van der Waals surface area contributed by atoms with Crippen LogP contribution < -0.4 is 68.1 Å². The van der Waals surface area contributed by atoms with Gasteiger partial charge < -0.3 is 82.9 Å². The second kappa shape index (κ2) is 47.3. The second-order valence-electron chi connectivity index (χ2n) is 34.8. The Bertz CT molecular complexity index is 6830. The van der Waals surface area contributed by atoms with Gasteiger partial charge in [0.1, 0.15) is 52.2 Å². The normalized spacial score (nSPS) is 13.8. The molecular formula is C107H125N23O10. The number of nitrogens with one attached hydrogen (secondary N) is 2. The van der Waals surface area contributed by atoms with Gasteiger partial charge in [0.2, 0.25) is 0 Å². The largest absolute Gasteiger partial charge is 0.497 e. The quantitative estimate of drug-likeness (QED) is 0.0311. The van der Waals surface area contributed by atoms with Gasteiger partial charge >= 0.3 is 0 Å². The van der Waals surface area contributed by atoms with E-state index in [0.29, 0.717) is 42.5 Å². The lowest BCUT2D eigenvalue weighted by Crippen LogP contribution is -2.39. The maximum Gasteiger partial charge on any atom is 0.150 e. The van der Waals surface area contributed by atoms with Crippen LogP contribution in [0.2, 0.25) is 0 Å². The third-order valence-corrected chi connectivity index (χ3v) is 24.4. The van der Waals surface area contributed by atoms with Gasteiger partial charge in [0.25, 0.3) is 0 Å². The minimum atomic E-state index is -0.504. The summed E-state index contributed by atoms with van der Waals surface area (Å²) in [6, 6.07) is 48.5. The third kappa shape index (κ3) is 25.1. The number of nitrogens with zero attached hydrogens (tertiary/aromatic N) is 21. The van der Waals surface area contributed by atoms with Gasteiger partial charge in [-0.2, -0.15) is 20.4 Å². The summed E-state index contributed by atoms with van der Waals surface area (Å²) in [5.41, 5.74) is 20.9. The number of likely N-dealkylation sites (tertiary alicyclic amines) is 1. The molecule has 2 saturated heterocycles. The van der Waals surface area contributed by atoms with E-state index in [4.69, 9.17) is 74.0 Å². The number of rotatable bonds is 35. The minimum absolute atomic E-state index is 0.0108. The van der Waals surface area contributed by atoms with Crippen molar-refractivity contribution in [1.29, 1.82) is 0 Å². The van der Waals surface area contributed by atoms with Gasteiger partial charge in [-0.1, -0.05) is 34.6 Å². The zero-order valence-corrected chi connectivity index (χ0v) is 82.6. The zero-order chi connectivity index (χ0) is 98.3. The number of anilines is 8. The fraction of sp³-hybridized carbons (Fsp3) is 0.346. The van der Waals surface area contributed by atoms with Crippen LogP contribution in [0.25, 0.3) is 89.2 Å². The predicted molar refractivity (Wildman–Crippen MR) is 552 cm³/mol. The van der Waals surface area contributed by atoms with E-state index in [2.05, 4.69) is 136 Å². The standard InChI is InChI=1S/C29H36N6O3.C29H32N6O2.C25H30N6O2.C24H27N5O3/c1-20(2)30-12-13-34(27-16-23(36-3)9-11-28(27)37-4)22-8-10-24-25(15-22)33-26(18-31-24)21-17-32-35(19-21)29-7-5-6-14-38-29;1-5-21-7-6-10-34(19-21)11-12-35(24-13-25(36-3)16-26(14-24)37-4)23-8-9-27-28(15-23)32-29(18-30-27)22-17-31-33(2)20-22;1-17(2)26-10-11-31(24-13-20(32-4)7-9-25(24)33-5)19-6-8-21-22(12-19)29-23(15-27-21)18-14-28-30(3)16-18;1-5-19(30)15-29(18-8-20(31-3)11-21(9-18)32-4)17-6-7-22-23(10-17)27-24(13-25-22)16-12-26-28(2)14-16/h8-11,15-20,29-30H,5-7,12-14H2,1-4H3;1,8-9,13-18,20-21H,6-7,10-12,19H2,2-4H3;6-9,12-17,26H,10-11H2,1-5H3;6-14,19,30H,5,15H2,1-4H3. The Labute approximate surface area is 817 Å². The van der Waals surface area contributed by atoms with Crippen molar-refractivity contribution in [2.75, 3.05) is 142 Å². The summed E-state index contributed by atoms with van der Waals surface area (Å²) in [7, 11) is 18.9. The molecule has 0 spiro atoms. The van der Waals surface area contributed by atoms with E-state index in [1.807, 2.05) is 178 Å². The first-order valence-corrected chi connectivity index (χ1v) is 47.1. The molecule has 33 nitrogen and oxygen atoms in total. The molecule has 2 fully saturated rings. The molecule has 2 aliphatic heterocycles. The van der Waals surface area contributed by atoms with E-state index in [1.54, 1.807) is 114 Å². The van der Waals surface area contributed by atoms with Crippen LogP contribution in [0.4, 0.5) is 45.5 Å². The lowest BCUT2D eigenvalue weighted by molar-refractivity contribution is -0.0394. The van der Waals surface area contributed by atoms with Crippen molar-refractivity contribution in [2.24, 2.45) is 27.1 Å². The SMILES string of the molecule is C#CC1CCCN(CCN(c2cc(OC)cc(OC)c2)c2ccc3ncc(-c4cnn(C)c4)nc3c2)C1.CCC(O)CN(c1cc(OC)cc(OC)c1)c1ccc2ncc(-c3cnn(C)c3)nc2c1.COc1ccc(OC)c(N(CCNC(C)C)c2ccc3ncc(-c4cnn(C)c4)nc3c2)c1.COc1ccc(OC)c(N(CCNC(C)C)c2ccc3ncc(-c4cnn(C5CCCCO5)c4)nc3c2)c1. The highest BCUT2D eigenvalue weighted by Crippen LogP contribution is 2.43. The van der Waals surface area contributed by atoms with Gasteiger partial charge in [-0.05, 0) is 142 Å². The van der Waals surface area contributed by atoms with Gasteiger partial charge in [-0.3, -0.25) is 34.0 Å². The molecule has 10 heterocycles. The number of terminal acetylenes is 1. The topological polar surface area (TPSA) is 318 Å². The fourth-order valence-corrected chi connectivity index (χ4v) is 16.8. The van der Waals surface area contributed by atoms with Crippen molar-refractivity contribution >= 4 is 89.6 Å². The number of aliphatic hydroxyl groups excluding tert-OH is 1. The molecule has 3 atom stereocenters. The van der Waals surface area contributed by atoms with Crippen LogP contribution in [-0.2, 0) is 25.9 Å². The number of aryl methyl sites for hydroxylation is 3. The summed E-state index contributed by atoms with van der Waals surface area (Å²) in [4.78, 5) is 49.3. The maximum atomic E-state index is 10.5. The first-order chi connectivity index (χ1) is 68.1. The highest BCUT2D eigenvalue weighted by Gasteiger charge is 2.26. The Morgan fingerprint density at radius 1 is 0.414 bits per heavy atom. The highest BCUT2D eigenvalue weighted by molar-refractivity contribution is 5.88. The van der Waals surface area contributed by atoms with Crippen LogP contribution >= 0.6 is 0 Å². The van der Waals surface area contributed by atoms with Gasteiger partial charge in [0.05, 0.1) is 191 Å². The van der Waals surface area contributed by atoms with Gasteiger partial charge in [0.15, 0.2) is 0 Å². The number of aliphatic hydroxyl groups is 1. The van der Waals surface area contributed by atoms with Gasteiger partial charge in [-0.15, -0.1) is 12.3 Å². The summed E-state index contributed by atoms with van der Waals surface area (Å²) in [5.74, 6) is 9.18. The number of ether oxygens (including phenoxy) is 9. The van der Waals surface area contributed by atoms with Crippen molar-refractivity contribution in [3.63, 3.8) is 0 Å². The molecule has 3 N–H and O–H groups in total. The van der Waals surface area contributed by atoms with E-state index in [-0.39, 0.29) is 6.23 Å². The number of piperidine rings is 1. The molecule has 2 aliphatic rings. The number of methoxy groups -OCH3 is 8. The van der Waals surface area contributed by atoms with Crippen LogP contribution in [-0.4, -0.2) is 230 Å². The summed E-state index contributed by atoms with van der Waals surface area (Å²) in [5, 5.41) is 34.8. The van der Waals surface area contributed by atoms with Crippen LogP contribution in [0.1, 0.15) is 79.4 Å². The minimum Gasteiger partial charge on any atom is -0.497 e. The molecular weight excluding hydrogens is 1770 g/mol. The molecule has 0 radical (unpaired) electrons. The molecule has 33 heteroatoms. The van der Waals surface area contributed by atoms with Crippen molar-refractivity contribution in [1.82, 2.24) is 94.5 Å². The van der Waals surface area contributed by atoms with E-state index >= 15 is 0 Å². The van der Waals surface area contributed by atoms with E-state index in [0.717, 1.165) is 260 Å². The van der Waals surface area contributed by atoms with E-state index in [9.17, 15) is 5.11 Å². The van der Waals surface area contributed by atoms with Gasteiger partial charge in [0, 0.05) is 228 Å². The molecule has 18 rings (SSSR count). The lowest BCUT2D eigenvalue weighted by atomic mass is 9.99. The Morgan fingerprint density at radius 3 is 1.17 bits per heavy atom. The van der Waals surface area contributed by atoms with Crippen molar-refractivity contribution in [3.8, 4) is 103 Å². The summed E-state index contributed by atoms with van der Waals surface area (Å²) in [6.45, 7) is 18.4. The number of hydrogen-bond donors (Lipinski definition) is 3. The molecule has 0 aliphatic carbocycles. The Kier molecular flexibility index (Phi) is 33.6. The predicted octanol–water partition coefficient (Wildman–Crippen LogP) is 18.0. The Hall–Kier alpha value is -15.1. The van der Waals surface area contributed by atoms with Crippen LogP contribution in [0.15, 0.2) is 220 Å². The third-order valence-electron chi connectivity index (χ3n) is 24.4. The Balaban J connectivity index is 0.000000142. The monoisotopic (exact) mass is 1890 g/mol. The number of aromatic nitrogens is 16. The van der Waals surface area contributed by atoms with E-state index in [1.165, 1.54) is 0 Å². The van der Waals surface area contributed by atoms with Crippen molar-refractivity contribution in [3.05, 3.63) is 220 Å². The first-order valence-electron chi connectivity index (χ1n) is 47.1. The molecule has 728 valence electrons. The smallest absolute Gasteiger partial charge is 0.150 e. The molecule has 8 aromatic carbocycles. The van der Waals surface area contributed by atoms with Crippen LogP contribution in [0.3, 0.4) is 0 Å². The first kappa shape index (κ1) is 99.4. The molecule has 140 heavy (non-hydrogen) atoms. The summed E-state index contributed by atoms with van der Waals surface area (Å²) in [6.07, 6.45) is 33.5.